The molecule has 0 radical (unpaired) electrons. The number of allylic oxidation sites excluding steroid dienone is 2. The third-order valence-corrected chi connectivity index (χ3v) is 6.28. The first-order valence-corrected chi connectivity index (χ1v) is 13.2. The monoisotopic (exact) mass is 643 g/mol. The van der Waals surface area contributed by atoms with Crippen LogP contribution >= 0.6 is 43.5 Å². The summed E-state index contributed by atoms with van der Waals surface area (Å²) in [5.41, 5.74) is 1.35. The highest BCUT2D eigenvalue weighted by molar-refractivity contribution is 9.11. The molecular weight excluding hydrogens is 617 g/mol. The minimum Gasteiger partial charge on any atom is -0.351 e. The smallest absolute Gasteiger partial charge is 0.272 e. The van der Waals surface area contributed by atoms with Crippen molar-refractivity contribution in [3.05, 3.63) is 73.7 Å². The van der Waals surface area contributed by atoms with Gasteiger partial charge in [-0.2, -0.15) is 0 Å². The van der Waals surface area contributed by atoms with Gasteiger partial charge in [0, 0.05) is 35.3 Å². The van der Waals surface area contributed by atoms with Crippen molar-refractivity contribution in [2.24, 2.45) is 0 Å². The Hall–Kier alpha value is -2.27. The van der Waals surface area contributed by atoms with E-state index in [1.165, 1.54) is 24.2 Å². The number of halogens is 4. The van der Waals surface area contributed by atoms with Gasteiger partial charge in [-0.05, 0) is 49.9 Å². The summed E-state index contributed by atoms with van der Waals surface area (Å²) in [4.78, 5) is 34.0. The second-order valence-electron chi connectivity index (χ2n) is 7.88. The lowest BCUT2D eigenvalue weighted by Crippen LogP contribution is -2.35. The van der Waals surface area contributed by atoms with Gasteiger partial charge in [0.15, 0.2) is 11.6 Å². The Morgan fingerprint density at radius 2 is 1.92 bits per heavy atom. The van der Waals surface area contributed by atoms with Crippen molar-refractivity contribution in [1.29, 1.82) is 0 Å². The van der Waals surface area contributed by atoms with Crippen LogP contribution in [0.4, 0.5) is 15.9 Å². The van der Waals surface area contributed by atoms with Crippen LogP contribution in [0.1, 0.15) is 29.8 Å². The number of carbonyl (C=O) groups is 2. The van der Waals surface area contributed by atoms with E-state index in [1.807, 2.05) is 0 Å². The average Bonchev–Trinajstić information content (AvgIpc) is 2.81. The van der Waals surface area contributed by atoms with E-state index in [9.17, 15) is 14.0 Å². The van der Waals surface area contributed by atoms with Gasteiger partial charge in [-0.1, -0.05) is 63.9 Å². The van der Waals surface area contributed by atoms with Crippen molar-refractivity contribution in [3.8, 4) is 0 Å². The Kier molecular flexibility index (Phi) is 11.5. The molecule has 1 aromatic heterocycles. The molecule has 0 saturated carbocycles. The maximum Gasteiger partial charge on any atom is 0.272 e. The number of hydrogen-bond donors (Lipinski definition) is 2. The van der Waals surface area contributed by atoms with Crippen molar-refractivity contribution < 1.29 is 14.0 Å². The van der Waals surface area contributed by atoms with Gasteiger partial charge < -0.3 is 20.4 Å². The maximum absolute atomic E-state index is 14.6. The van der Waals surface area contributed by atoms with Gasteiger partial charge >= 0.3 is 0 Å². The third-order valence-electron chi connectivity index (χ3n) is 5.38. The Bertz CT molecular complexity index is 1170. The normalized spacial score (nSPS) is 11.4. The zero-order valence-corrected chi connectivity index (χ0v) is 24.5. The molecule has 0 unspecified atom stereocenters. The Labute approximate surface area is 233 Å². The van der Waals surface area contributed by atoms with Gasteiger partial charge in [-0.25, -0.2) is 9.37 Å². The van der Waals surface area contributed by atoms with E-state index >= 15 is 0 Å². The highest BCUT2D eigenvalue weighted by atomic mass is 79.9. The molecule has 0 atom stereocenters. The fourth-order valence-electron chi connectivity index (χ4n) is 3.46. The summed E-state index contributed by atoms with van der Waals surface area (Å²) in [6.07, 6.45) is 2.72. The number of likely N-dealkylation sites (N-methyl/N-ethyl adjacent to an activating group) is 2. The predicted octanol–water partition coefficient (Wildman–Crippen LogP) is 5.88. The van der Waals surface area contributed by atoms with Gasteiger partial charge in [0.25, 0.3) is 11.8 Å². The summed E-state index contributed by atoms with van der Waals surface area (Å²) in [5.74, 6) is -1.71. The number of nitrogens with zero attached hydrogens (tertiary/aromatic N) is 3. The number of hydrogen-bond acceptors (Lipinski definition) is 5. The summed E-state index contributed by atoms with van der Waals surface area (Å²) in [5, 5.41) is 5.86. The Morgan fingerprint density at radius 1 is 1.25 bits per heavy atom. The number of benzene rings is 1. The maximum atomic E-state index is 14.6. The number of rotatable bonds is 11. The van der Waals surface area contributed by atoms with E-state index in [1.54, 1.807) is 19.1 Å². The van der Waals surface area contributed by atoms with E-state index in [4.69, 9.17) is 11.6 Å². The predicted molar refractivity (Wildman–Crippen MR) is 151 cm³/mol. The molecule has 2 rings (SSSR count). The molecule has 0 aliphatic carbocycles. The van der Waals surface area contributed by atoms with E-state index in [0.29, 0.717) is 38.9 Å². The van der Waals surface area contributed by atoms with E-state index in [-0.39, 0.29) is 22.4 Å². The molecule has 2 aromatic rings. The first-order valence-electron chi connectivity index (χ1n) is 11.2. The average molecular weight is 646 g/mol. The minimum absolute atomic E-state index is 0.0424. The zero-order valence-electron chi connectivity index (χ0n) is 20.6. The fraction of sp³-hybridized carbons (Fsp3) is 0.320. The summed E-state index contributed by atoms with van der Waals surface area (Å²) in [6, 6.07) is 4.55. The largest absolute Gasteiger partial charge is 0.351 e. The number of aromatic nitrogens is 1. The fourth-order valence-corrected chi connectivity index (χ4v) is 4.39. The third kappa shape index (κ3) is 8.12. The lowest BCUT2D eigenvalue weighted by atomic mass is 10.1. The van der Waals surface area contributed by atoms with Crippen LogP contribution in [0.3, 0.4) is 0 Å². The van der Waals surface area contributed by atoms with Crippen molar-refractivity contribution in [1.82, 2.24) is 15.2 Å². The van der Waals surface area contributed by atoms with Crippen molar-refractivity contribution in [2.45, 2.75) is 20.8 Å². The van der Waals surface area contributed by atoms with Gasteiger partial charge in [-0.3, -0.25) is 9.59 Å². The van der Waals surface area contributed by atoms with Crippen LogP contribution in [0.15, 0.2) is 51.7 Å². The van der Waals surface area contributed by atoms with Crippen LogP contribution in [-0.2, 0) is 4.79 Å². The molecule has 0 aliphatic heterocycles. The van der Waals surface area contributed by atoms with Crippen LogP contribution in [0, 0.1) is 12.7 Å². The second-order valence-corrected chi connectivity index (χ2v) is 10.2. The van der Waals surface area contributed by atoms with Gasteiger partial charge in [0.1, 0.15) is 5.70 Å². The van der Waals surface area contributed by atoms with E-state index in [0.717, 1.165) is 19.2 Å². The molecule has 194 valence electrons. The highest BCUT2D eigenvalue weighted by Crippen LogP contribution is 2.28. The Balaban J connectivity index is 2.37. The summed E-state index contributed by atoms with van der Waals surface area (Å²) in [6.45, 7) is 12.6. The lowest BCUT2D eigenvalue weighted by Gasteiger charge is -2.23. The molecule has 1 aromatic carbocycles. The molecule has 0 saturated heterocycles. The number of anilines is 2. The molecule has 0 spiro atoms. The number of aryl methyl sites for hydroxylation is 1. The van der Waals surface area contributed by atoms with Crippen LogP contribution in [-0.4, -0.2) is 54.9 Å². The molecular formula is C25H29Br2ClFN5O2. The number of amides is 2. The summed E-state index contributed by atoms with van der Waals surface area (Å²) >= 11 is 12.5. The van der Waals surface area contributed by atoms with Gasteiger partial charge in [-0.15, -0.1) is 0 Å². The first-order chi connectivity index (χ1) is 17.0. The molecule has 2 N–H and O–H groups in total. The van der Waals surface area contributed by atoms with Crippen molar-refractivity contribution in [3.63, 3.8) is 0 Å². The van der Waals surface area contributed by atoms with Gasteiger partial charge in [0.2, 0.25) is 0 Å². The topological polar surface area (TPSA) is 77.6 Å². The molecule has 0 fully saturated rings. The number of carbonyl (C=O) groups excluding carboxylic acids is 2. The lowest BCUT2D eigenvalue weighted by molar-refractivity contribution is -0.112. The van der Waals surface area contributed by atoms with Crippen LogP contribution in [0.25, 0.3) is 0 Å². The molecule has 11 heteroatoms. The van der Waals surface area contributed by atoms with Crippen LogP contribution < -0.4 is 15.5 Å². The van der Waals surface area contributed by atoms with Crippen LogP contribution in [0.5, 0.6) is 0 Å². The Morgan fingerprint density at radius 3 is 2.50 bits per heavy atom. The highest BCUT2D eigenvalue weighted by Gasteiger charge is 2.23. The van der Waals surface area contributed by atoms with E-state index < -0.39 is 11.7 Å². The number of pyridine rings is 1. The molecule has 36 heavy (non-hydrogen) atoms. The standard InChI is InChI=1S/C25H29Br2ClFN5O2/c1-6-34(7-2)9-8-30-24(35)19-12-17(27)10-15(3)22(19)32-25(36)21(11-16(4)26)33(5)23-20(29)13-18(28)14-31-23/h10-14H,4,6-9H2,1-3,5H3,(H,30,35)(H,32,36)/b21-11-. The van der Waals surface area contributed by atoms with Crippen LogP contribution in [0.2, 0.25) is 5.02 Å². The van der Waals surface area contributed by atoms with Crippen molar-refractivity contribution >= 4 is 66.8 Å². The quantitative estimate of drug-likeness (QED) is 0.236. The summed E-state index contributed by atoms with van der Waals surface area (Å²) < 4.78 is 15.6. The minimum atomic E-state index is -0.697. The number of nitrogens with one attached hydrogen (secondary N) is 2. The zero-order chi connectivity index (χ0) is 27.0. The first kappa shape index (κ1) is 30.0. The van der Waals surface area contributed by atoms with Crippen molar-refractivity contribution in [2.75, 3.05) is 43.4 Å². The summed E-state index contributed by atoms with van der Waals surface area (Å²) in [7, 11) is 1.50. The molecule has 0 bridgehead atoms. The SMILES string of the molecule is C=C(Br)/C=C(/C(=O)Nc1c(C)cc(Br)cc1C(=O)NCCN(CC)CC)N(C)c1ncc(Cl)cc1F. The van der Waals surface area contributed by atoms with Gasteiger partial charge in [0.05, 0.1) is 16.3 Å². The molecule has 2 amide bonds. The molecule has 7 nitrogen and oxygen atoms in total. The van der Waals surface area contributed by atoms with E-state index in [2.05, 4.69) is 72.8 Å². The molecule has 0 aliphatic rings. The molecule has 1 heterocycles. The second kappa shape index (κ2) is 13.9.